The van der Waals surface area contributed by atoms with Crippen molar-refractivity contribution in [2.45, 2.75) is 58.2 Å². The second-order valence-corrected chi connectivity index (χ2v) is 7.90. The number of carboxylic acids is 1. The van der Waals surface area contributed by atoms with Gasteiger partial charge in [-0.1, -0.05) is 32.0 Å². The van der Waals surface area contributed by atoms with E-state index in [0.717, 1.165) is 5.56 Å². The van der Waals surface area contributed by atoms with Gasteiger partial charge in [-0.3, -0.25) is 4.79 Å². The Balaban J connectivity index is 2.29. The van der Waals surface area contributed by atoms with Gasteiger partial charge in [0.15, 0.2) is 5.78 Å². The number of carbonyl (C=O) groups is 3. The summed E-state index contributed by atoms with van der Waals surface area (Å²) >= 11 is 0. The van der Waals surface area contributed by atoms with Crippen LogP contribution in [0.15, 0.2) is 24.3 Å². The molecule has 7 heteroatoms. The summed E-state index contributed by atoms with van der Waals surface area (Å²) in [5.74, 6) is -2.17. The Bertz CT molecular complexity index is 696. The number of anilines is 1. The summed E-state index contributed by atoms with van der Waals surface area (Å²) in [7, 11) is 0. The van der Waals surface area contributed by atoms with Crippen LogP contribution in [-0.2, 0) is 20.7 Å². The molecule has 0 spiro atoms. The lowest BCUT2D eigenvalue weighted by Gasteiger charge is -2.31. The van der Waals surface area contributed by atoms with Crippen molar-refractivity contribution in [3.05, 3.63) is 29.8 Å². The molecule has 1 aliphatic rings. The molecule has 1 aromatic rings. The van der Waals surface area contributed by atoms with Crippen molar-refractivity contribution in [2.24, 2.45) is 5.92 Å². The third-order valence-corrected chi connectivity index (χ3v) is 4.23. The van der Waals surface area contributed by atoms with Gasteiger partial charge in [-0.05, 0) is 38.3 Å². The molecule has 26 heavy (non-hydrogen) atoms. The lowest BCUT2D eigenvalue weighted by atomic mass is 9.83. The number of ketones is 1. The number of fused-ring (bicyclic) bond motifs is 1. The SMILES string of the molecule is CC(C)[C@H](NC(=O)OC(C)(C)C)C(=O)C1(C(=O)O)Cc2ccccc2N1. The fourth-order valence-electron chi connectivity index (χ4n) is 2.97. The molecule has 1 heterocycles. The number of hydrogen-bond acceptors (Lipinski definition) is 5. The minimum Gasteiger partial charge on any atom is -0.479 e. The summed E-state index contributed by atoms with van der Waals surface area (Å²) in [5, 5.41) is 15.2. The maximum Gasteiger partial charge on any atom is 0.408 e. The van der Waals surface area contributed by atoms with E-state index < -0.39 is 35.0 Å². The van der Waals surface area contributed by atoms with E-state index >= 15 is 0 Å². The summed E-state index contributed by atoms with van der Waals surface area (Å²) in [6.45, 7) is 8.64. The smallest absolute Gasteiger partial charge is 0.408 e. The van der Waals surface area contributed by atoms with Gasteiger partial charge >= 0.3 is 12.1 Å². The highest BCUT2D eigenvalue weighted by Crippen LogP contribution is 2.34. The maximum atomic E-state index is 13.2. The van der Waals surface area contributed by atoms with E-state index in [2.05, 4.69) is 10.6 Å². The first-order valence-corrected chi connectivity index (χ1v) is 8.59. The summed E-state index contributed by atoms with van der Waals surface area (Å²) in [5.41, 5.74) is -1.17. The Morgan fingerprint density at radius 3 is 2.35 bits per heavy atom. The predicted molar refractivity (Wildman–Crippen MR) is 97.1 cm³/mol. The number of hydrogen-bond donors (Lipinski definition) is 3. The van der Waals surface area contributed by atoms with E-state index in [1.807, 2.05) is 0 Å². The van der Waals surface area contributed by atoms with Crippen molar-refractivity contribution in [3.63, 3.8) is 0 Å². The highest BCUT2D eigenvalue weighted by molar-refractivity contribution is 6.15. The molecule has 2 atom stereocenters. The van der Waals surface area contributed by atoms with Crippen LogP contribution in [0.3, 0.4) is 0 Å². The highest BCUT2D eigenvalue weighted by Gasteiger charge is 2.53. The molecule has 0 aromatic heterocycles. The molecule has 0 radical (unpaired) electrons. The molecule has 1 unspecified atom stereocenters. The Hall–Kier alpha value is -2.57. The number of aliphatic carboxylic acids is 1. The number of Topliss-reactive ketones (excluding diaryl/α,β-unsaturated/α-hetero) is 1. The van der Waals surface area contributed by atoms with Crippen LogP contribution in [0.5, 0.6) is 0 Å². The maximum absolute atomic E-state index is 13.2. The first-order chi connectivity index (χ1) is 12.0. The monoisotopic (exact) mass is 362 g/mol. The fourth-order valence-corrected chi connectivity index (χ4v) is 2.97. The number of benzene rings is 1. The molecule has 7 nitrogen and oxygen atoms in total. The second kappa shape index (κ2) is 6.97. The normalized spacial score (nSPS) is 20.1. The minimum atomic E-state index is -1.81. The van der Waals surface area contributed by atoms with Crippen LogP contribution in [0.2, 0.25) is 0 Å². The van der Waals surface area contributed by atoms with Gasteiger partial charge in [0.1, 0.15) is 5.60 Å². The minimum absolute atomic E-state index is 0.0244. The first-order valence-electron chi connectivity index (χ1n) is 8.59. The molecule has 3 N–H and O–H groups in total. The van der Waals surface area contributed by atoms with E-state index in [1.54, 1.807) is 58.9 Å². The Morgan fingerprint density at radius 2 is 1.85 bits per heavy atom. The van der Waals surface area contributed by atoms with Crippen LogP contribution in [0.4, 0.5) is 10.5 Å². The van der Waals surface area contributed by atoms with Crippen molar-refractivity contribution in [2.75, 3.05) is 5.32 Å². The van der Waals surface area contributed by atoms with Crippen LogP contribution in [0.25, 0.3) is 0 Å². The van der Waals surface area contributed by atoms with E-state index in [-0.39, 0.29) is 12.3 Å². The lowest BCUT2D eigenvalue weighted by molar-refractivity contribution is -0.147. The number of carbonyl (C=O) groups excluding carboxylic acids is 2. The molecule has 2 rings (SSSR count). The Morgan fingerprint density at radius 1 is 1.23 bits per heavy atom. The molecule has 0 saturated heterocycles. The van der Waals surface area contributed by atoms with E-state index in [1.165, 1.54) is 0 Å². The molecule has 1 aliphatic heterocycles. The molecular weight excluding hydrogens is 336 g/mol. The van der Waals surface area contributed by atoms with Crippen molar-refractivity contribution in [1.29, 1.82) is 0 Å². The average Bonchev–Trinajstić information content (AvgIpc) is 2.90. The average molecular weight is 362 g/mol. The van der Waals surface area contributed by atoms with Gasteiger partial charge in [-0.2, -0.15) is 0 Å². The van der Waals surface area contributed by atoms with Crippen molar-refractivity contribution >= 4 is 23.5 Å². The Labute approximate surface area is 153 Å². The highest BCUT2D eigenvalue weighted by atomic mass is 16.6. The van der Waals surface area contributed by atoms with Gasteiger partial charge < -0.3 is 20.5 Å². The number of ether oxygens (including phenoxy) is 1. The van der Waals surface area contributed by atoms with Crippen molar-refractivity contribution in [3.8, 4) is 0 Å². The summed E-state index contributed by atoms with van der Waals surface area (Å²) < 4.78 is 5.22. The molecule has 1 amide bonds. The van der Waals surface area contributed by atoms with Crippen LogP contribution in [-0.4, -0.2) is 40.1 Å². The van der Waals surface area contributed by atoms with Gasteiger partial charge in [0.05, 0.1) is 6.04 Å². The molecule has 142 valence electrons. The third-order valence-electron chi connectivity index (χ3n) is 4.23. The van der Waals surface area contributed by atoms with Gasteiger partial charge in [0, 0.05) is 12.1 Å². The van der Waals surface area contributed by atoms with Gasteiger partial charge in [-0.25, -0.2) is 9.59 Å². The summed E-state index contributed by atoms with van der Waals surface area (Å²) in [6, 6.07) is 6.09. The fraction of sp³-hybridized carbons (Fsp3) is 0.526. The van der Waals surface area contributed by atoms with Crippen LogP contribution in [0.1, 0.15) is 40.2 Å². The van der Waals surface area contributed by atoms with E-state index in [0.29, 0.717) is 5.69 Å². The molecular formula is C19H26N2O5. The van der Waals surface area contributed by atoms with Gasteiger partial charge in [0.2, 0.25) is 5.54 Å². The standard InChI is InChI=1S/C19H26N2O5/c1-11(2)14(20-17(25)26-18(3,4)5)15(22)19(16(23)24)10-12-8-6-7-9-13(12)21-19/h6-9,11,14,21H,10H2,1-5H3,(H,20,25)(H,23,24)/t14-,19?/m0/s1. The van der Waals surface area contributed by atoms with E-state index in [9.17, 15) is 19.5 Å². The Kier molecular flexibility index (Phi) is 5.30. The number of carboxylic acid groups (broad SMARTS) is 1. The van der Waals surface area contributed by atoms with Crippen LogP contribution in [0, 0.1) is 5.92 Å². The zero-order valence-electron chi connectivity index (χ0n) is 15.8. The summed E-state index contributed by atoms with van der Waals surface area (Å²) in [6.07, 6.45) is -0.725. The third kappa shape index (κ3) is 3.98. The van der Waals surface area contributed by atoms with Crippen LogP contribution >= 0.6 is 0 Å². The lowest BCUT2D eigenvalue weighted by Crippen LogP contribution is -2.61. The quantitative estimate of drug-likeness (QED) is 0.696. The molecule has 0 fully saturated rings. The van der Waals surface area contributed by atoms with Crippen molar-refractivity contribution in [1.82, 2.24) is 5.32 Å². The van der Waals surface area contributed by atoms with Gasteiger partial charge in [-0.15, -0.1) is 0 Å². The number of alkyl carbamates (subject to hydrolysis) is 1. The van der Waals surface area contributed by atoms with Crippen LogP contribution < -0.4 is 10.6 Å². The zero-order chi connectivity index (χ0) is 19.7. The first kappa shape index (κ1) is 19.8. The zero-order valence-corrected chi connectivity index (χ0v) is 15.8. The molecule has 1 aromatic carbocycles. The second-order valence-electron chi connectivity index (χ2n) is 7.90. The summed E-state index contributed by atoms with van der Waals surface area (Å²) in [4.78, 5) is 37.4. The van der Waals surface area contributed by atoms with Crippen molar-refractivity contribution < 1.29 is 24.2 Å². The number of rotatable bonds is 5. The molecule has 0 saturated carbocycles. The molecule has 0 aliphatic carbocycles. The molecule has 0 bridgehead atoms. The largest absolute Gasteiger partial charge is 0.479 e. The van der Waals surface area contributed by atoms with Gasteiger partial charge in [0.25, 0.3) is 0 Å². The topological polar surface area (TPSA) is 105 Å². The number of para-hydroxylation sites is 1. The number of amides is 1. The predicted octanol–water partition coefficient (Wildman–Crippen LogP) is 2.60. The number of nitrogens with one attached hydrogen (secondary N) is 2. The van der Waals surface area contributed by atoms with E-state index in [4.69, 9.17) is 4.74 Å².